The molecule has 3 N–H and O–H groups in total. The summed E-state index contributed by atoms with van der Waals surface area (Å²) in [5, 5.41) is 47.1. The third-order valence-corrected chi connectivity index (χ3v) is 13.8. The molecule has 306 valence electrons. The molecule has 5 aromatic heterocycles. The number of nitrogens with zero attached hydrogens (tertiary/aromatic N) is 8. The summed E-state index contributed by atoms with van der Waals surface area (Å²) in [7, 11) is 0. The lowest BCUT2D eigenvalue weighted by Gasteiger charge is -2.39. The van der Waals surface area contributed by atoms with Gasteiger partial charge in [-0.15, -0.1) is 43.1 Å². The molecular formula is C44H43N9O5S2. The SMILES string of the molecule is Cc1ncsc1-c1ccc(CNC(=O)[C@@H]2C[C@@H](O)CN2C(=O)[C@@H](c2cc(-c3ccc(N4CC(c5sc6nnc(-c7ccccc7O)cc6c5C)C4)nn3)no2)C(C)C)cc1. The second-order valence-electron chi connectivity index (χ2n) is 15.8. The number of rotatable bonds is 11. The Morgan fingerprint density at radius 1 is 0.933 bits per heavy atom. The number of hydrogen-bond acceptors (Lipinski definition) is 14. The maximum Gasteiger partial charge on any atom is 0.243 e. The van der Waals surface area contributed by atoms with Crippen LogP contribution in [0.15, 0.2) is 82.8 Å². The number of amides is 2. The summed E-state index contributed by atoms with van der Waals surface area (Å²) < 4.78 is 5.78. The van der Waals surface area contributed by atoms with E-state index >= 15 is 0 Å². The fourth-order valence-corrected chi connectivity index (χ4v) is 10.2. The quantitative estimate of drug-likeness (QED) is 0.123. The first kappa shape index (κ1) is 39.4. The van der Waals surface area contributed by atoms with Gasteiger partial charge < -0.3 is 29.9 Å². The number of likely N-dealkylation sites (tertiary alicyclic amines) is 1. The third-order valence-electron chi connectivity index (χ3n) is 11.5. The third kappa shape index (κ3) is 7.50. The number of aromatic nitrogens is 6. The van der Waals surface area contributed by atoms with E-state index in [1.807, 2.05) is 80.9 Å². The largest absolute Gasteiger partial charge is 0.507 e. The zero-order chi connectivity index (χ0) is 41.7. The maximum atomic E-state index is 14.2. The first-order chi connectivity index (χ1) is 29.0. The molecule has 0 spiro atoms. The molecule has 2 aliphatic rings. The van der Waals surface area contributed by atoms with Crippen molar-refractivity contribution in [1.82, 2.24) is 40.8 Å². The van der Waals surface area contributed by atoms with E-state index in [2.05, 4.69) is 47.7 Å². The molecule has 2 saturated heterocycles. The molecule has 7 aromatic rings. The van der Waals surface area contributed by atoms with Gasteiger partial charge in [0.2, 0.25) is 11.8 Å². The topological polar surface area (TPSA) is 184 Å². The summed E-state index contributed by atoms with van der Waals surface area (Å²) in [4.78, 5) is 38.9. The summed E-state index contributed by atoms with van der Waals surface area (Å²) in [5.41, 5.74) is 8.21. The van der Waals surface area contributed by atoms with E-state index < -0.39 is 18.1 Å². The van der Waals surface area contributed by atoms with Crippen molar-refractivity contribution >= 4 is 50.5 Å². The van der Waals surface area contributed by atoms with E-state index in [0.717, 1.165) is 50.8 Å². The van der Waals surface area contributed by atoms with E-state index in [9.17, 15) is 19.8 Å². The Balaban J connectivity index is 0.832. The molecule has 14 nitrogen and oxygen atoms in total. The van der Waals surface area contributed by atoms with Crippen LogP contribution in [0.5, 0.6) is 5.75 Å². The number of aromatic hydroxyl groups is 1. The molecule has 7 heterocycles. The molecule has 0 bridgehead atoms. The lowest BCUT2D eigenvalue weighted by atomic mass is 9.91. The van der Waals surface area contributed by atoms with Crippen LogP contribution in [-0.4, -0.2) is 89.2 Å². The van der Waals surface area contributed by atoms with Crippen LogP contribution in [-0.2, 0) is 16.1 Å². The summed E-state index contributed by atoms with van der Waals surface area (Å²) >= 11 is 3.24. The molecule has 0 radical (unpaired) electrons. The zero-order valence-electron chi connectivity index (χ0n) is 33.4. The van der Waals surface area contributed by atoms with Crippen LogP contribution in [0.25, 0.3) is 43.3 Å². The summed E-state index contributed by atoms with van der Waals surface area (Å²) in [6.07, 6.45) is -0.680. The van der Waals surface area contributed by atoms with Gasteiger partial charge in [0.15, 0.2) is 5.82 Å². The van der Waals surface area contributed by atoms with Crippen molar-refractivity contribution in [2.24, 2.45) is 5.92 Å². The highest BCUT2D eigenvalue weighted by Crippen LogP contribution is 2.41. The number of aryl methyl sites for hydroxylation is 2. The van der Waals surface area contributed by atoms with Crippen LogP contribution in [0.2, 0.25) is 0 Å². The first-order valence-corrected chi connectivity index (χ1v) is 21.6. The Morgan fingerprint density at radius 2 is 1.72 bits per heavy atom. The number of phenols is 1. The predicted molar refractivity (Wildman–Crippen MR) is 230 cm³/mol. The van der Waals surface area contributed by atoms with Crippen LogP contribution in [0.4, 0.5) is 5.82 Å². The van der Waals surface area contributed by atoms with Gasteiger partial charge in [0.1, 0.15) is 39.7 Å². The van der Waals surface area contributed by atoms with Crippen molar-refractivity contribution in [2.45, 2.75) is 64.6 Å². The average Bonchev–Trinajstić information content (AvgIpc) is 4.04. The average molecular weight is 842 g/mol. The van der Waals surface area contributed by atoms with Crippen LogP contribution in [0, 0.1) is 19.8 Å². The number of para-hydroxylation sites is 1. The summed E-state index contributed by atoms with van der Waals surface area (Å²) in [6, 6.07) is 21.7. The van der Waals surface area contributed by atoms with Gasteiger partial charge >= 0.3 is 0 Å². The van der Waals surface area contributed by atoms with Gasteiger partial charge in [-0.3, -0.25) is 9.59 Å². The fourth-order valence-electron chi connectivity index (χ4n) is 8.15. The van der Waals surface area contributed by atoms with Crippen molar-refractivity contribution in [3.8, 4) is 38.8 Å². The van der Waals surface area contributed by atoms with Crippen molar-refractivity contribution in [3.63, 3.8) is 0 Å². The highest BCUT2D eigenvalue weighted by molar-refractivity contribution is 7.19. The predicted octanol–water partition coefficient (Wildman–Crippen LogP) is 6.87. The molecule has 2 fully saturated rings. The van der Waals surface area contributed by atoms with E-state index in [0.29, 0.717) is 34.3 Å². The van der Waals surface area contributed by atoms with Gasteiger partial charge in [-0.1, -0.05) is 55.4 Å². The van der Waals surface area contributed by atoms with Gasteiger partial charge in [0.25, 0.3) is 0 Å². The monoisotopic (exact) mass is 841 g/mol. The number of thiophene rings is 1. The number of anilines is 1. The van der Waals surface area contributed by atoms with E-state index in [-0.39, 0.29) is 43.0 Å². The number of aliphatic hydroxyl groups is 1. The number of thiazole rings is 1. The standard InChI is InChI=1S/C44H43N9O5S2/c1-23(2)39(44(57)53-21-29(54)15-35(53)42(56)45-18-26-9-11-27(12-10-26)41-25(4)46-22-59-41)37-17-34(51-58-37)32-13-14-38(49-47-32)52-19-28(20-52)40-24(3)31-16-33(48-50-43(31)60-40)30-7-5-6-8-36(30)55/h5-14,16-17,22-23,28-29,35,39,54-55H,15,18-21H2,1-4H3,(H,45,56)/t29-,35+,39-/m1/s1. The van der Waals surface area contributed by atoms with Crippen molar-refractivity contribution in [1.29, 1.82) is 0 Å². The van der Waals surface area contributed by atoms with Gasteiger partial charge in [0, 0.05) is 60.4 Å². The molecule has 0 unspecified atom stereocenters. The van der Waals surface area contributed by atoms with E-state index in [1.165, 1.54) is 15.3 Å². The smallest absolute Gasteiger partial charge is 0.243 e. The molecule has 2 aromatic carbocycles. The van der Waals surface area contributed by atoms with Crippen LogP contribution < -0.4 is 10.2 Å². The minimum atomic E-state index is -0.826. The number of aliphatic hydroxyl groups excluding tert-OH is 1. The number of β-amino-alcohol motifs (C(OH)–C–C–N with tert-alkyl or cyclic N) is 1. The molecule has 60 heavy (non-hydrogen) atoms. The van der Waals surface area contributed by atoms with Gasteiger partial charge in [0.05, 0.1) is 27.9 Å². The normalized spacial score (nSPS) is 17.4. The minimum absolute atomic E-state index is 0.0471. The van der Waals surface area contributed by atoms with E-state index in [1.54, 1.807) is 40.9 Å². The summed E-state index contributed by atoms with van der Waals surface area (Å²) in [6.45, 7) is 9.82. The van der Waals surface area contributed by atoms with Crippen LogP contribution in [0.1, 0.15) is 59.6 Å². The lowest BCUT2D eigenvalue weighted by molar-refractivity contribution is -0.141. The van der Waals surface area contributed by atoms with Crippen molar-refractivity contribution < 1.29 is 24.3 Å². The number of carbonyl (C=O) groups is 2. The van der Waals surface area contributed by atoms with Gasteiger partial charge in [-0.2, -0.15) is 0 Å². The molecule has 16 heteroatoms. The number of phenolic OH excluding ortho intramolecular Hbond substituents is 1. The Hall–Kier alpha value is -6.10. The molecule has 9 rings (SSSR count). The Morgan fingerprint density at radius 3 is 2.43 bits per heavy atom. The van der Waals surface area contributed by atoms with Crippen molar-refractivity contribution in [2.75, 3.05) is 24.5 Å². The number of fused-ring (bicyclic) bond motifs is 1. The lowest BCUT2D eigenvalue weighted by Crippen LogP contribution is -2.48. The fraction of sp³-hybridized carbons (Fsp3) is 0.318. The molecular weight excluding hydrogens is 799 g/mol. The molecule has 3 atom stereocenters. The van der Waals surface area contributed by atoms with Crippen LogP contribution >= 0.6 is 22.7 Å². The molecule has 2 aliphatic heterocycles. The second kappa shape index (κ2) is 16.2. The molecule has 2 amide bonds. The number of hydrogen-bond donors (Lipinski definition) is 3. The number of nitrogens with one attached hydrogen (secondary N) is 1. The Kier molecular flexibility index (Phi) is 10.6. The number of carbonyl (C=O) groups excluding carboxylic acids is 2. The van der Waals surface area contributed by atoms with Crippen LogP contribution in [0.3, 0.4) is 0 Å². The number of benzene rings is 2. The zero-order valence-corrected chi connectivity index (χ0v) is 35.1. The highest BCUT2D eigenvalue weighted by Gasteiger charge is 2.43. The van der Waals surface area contributed by atoms with Gasteiger partial charge in [-0.05, 0) is 66.8 Å². The second-order valence-corrected chi connectivity index (χ2v) is 17.7. The first-order valence-electron chi connectivity index (χ1n) is 19.9. The van der Waals surface area contributed by atoms with Crippen molar-refractivity contribution in [3.05, 3.63) is 106 Å². The van der Waals surface area contributed by atoms with E-state index in [4.69, 9.17) is 4.52 Å². The van der Waals surface area contributed by atoms with Gasteiger partial charge in [-0.25, -0.2) is 4.98 Å². The summed E-state index contributed by atoms with van der Waals surface area (Å²) in [5.74, 6) is 0.0290. The Labute approximate surface area is 353 Å². The Bertz CT molecular complexity index is 2690. The molecule has 0 saturated carbocycles. The molecule has 0 aliphatic carbocycles. The highest BCUT2D eigenvalue weighted by atomic mass is 32.1. The minimum Gasteiger partial charge on any atom is -0.507 e. The maximum absolute atomic E-state index is 14.2.